The number of aromatic nitrogens is 1. The van der Waals surface area contributed by atoms with E-state index >= 15 is 0 Å². The number of piperazine rings is 1. The van der Waals surface area contributed by atoms with E-state index in [1.54, 1.807) is 24.4 Å². The molecule has 38 heavy (non-hydrogen) atoms. The van der Waals surface area contributed by atoms with E-state index in [4.69, 9.17) is 5.73 Å². The standard InChI is InChI=1S/C29H38N6O3/c30-23-8-10-24(11-9-23)32-27(36)21-7-12-26(25(18-21)33-28(37)22-6-3-13-31-19-22)34-14-16-35(17-15-34)29(38)20-4-1-2-5-20/h3,6-7,12-13,18-20,23-24H,1-2,4-5,8-11,14-17,30H2,(H,32,36)(H,33,37). The molecule has 1 saturated heterocycles. The van der Waals surface area contributed by atoms with Crippen molar-refractivity contribution in [3.05, 3.63) is 53.9 Å². The molecule has 4 N–H and O–H groups in total. The maximum Gasteiger partial charge on any atom is 0.257 e. The van der Waals surface area contributed by atoms with Gasteiger partial charge in [0.2, 0.25) is 5.91 Å². The highest BCUT2D eigenvalue weighted by molar-refractivity contribution is 6.07. The SMILES string of the molecule is NC1CCC(NC(=O)c2ccc(N3CCN(C(=O)C4CCCC4)CC3)c(NC(=O)c3cccnc3)c2)CC1. The number of carbonyl (C=O) groups is 3. The molecule has 2 aromatic rings. The van der Waals surface area contributed by atoms with Gasteiger partial charge in [-0.2, -0.15) is 0 Å². The first-order valence-corrected chi connectivity index (χ1v) is 13.9. The minimum atomic E-state index is -0.284. The number of benzene rings is 1. The molecular weight excluding hydrogens is 480 g/mol. The fourth-order valence-corrected chi connectivity index (χ4v) is 5.88. The zero-order chi connectivity index (χ0) is 26.5. The summed E-state index contributed by atoms with van der Waals surface area (Å²) in [6.45, 7) is 2.64. The fourth-order valence-electron chi connectivity index (χ4n) is 5.88. The third kappa shape index (κ3) is 6.15. The molecule has 2 saturated carbocycles. The first-order valence-electron chi connectivity index (χ1n) is 13.9. The number of rotatable bonds is 6. The van der Waals surface area contributed by atoms with Gasteiger partial charge in [0.1, 0.15) is 0 Å². The number of carbonyl (C=O) groups excluding carboxylic acids is 3. The van der Waals surface area contributed by atoms with E-state index < -0.39 is 0 Å². The van der Waals surface area contributed by atoms with Crippen molar-refractivity contribution in [2.75, 3.05) is 36.4 Å². The van der Waals surface area contributed by atoms with Crippen molar-refractivity contribution in [3.63, 3.8) is 0 Å². The average Bonchev–Trinajstić information content (AvgIpc) is 3.50. The van der Waals surface area contributed by atoms with Crippen molar-refractivity contribution in [1.82, 2.24) is 15.2 Å². The Hall–Kier alpha value is -3.46. The van der Waals surface area contributed by atoms with E-state index in [-0.39, 0.29) is 35.7 Å². The molecule has 3 fully saturated rings. The summed E-state index contributed by atoms with van der Waals surface area (Å²) in [4.78, 5) is 47.3. The van der Waals surface area contributed by atoms with Gasteiger partial charge in [0.05, 0.1) is 16.9 Å². The minimum absolute atomic E-state index is 0.112. The van der Waals surface area contributed by atoms with E-state index in [0.29, 0.717) is 43.0 Å². The van der Waals surface area contributed by atoms with E-state index in [1.165, 1.54) is 6.20 Å². The summed E-state index contributed by atoms with van der Waals surface area (Å²) in [7, 11) is 0. The second-order valence-electron chi connectivity index (χ2n) is 10.8. The van der Waals surface area contributed by atoms with Crippen LogP contribution in [0.4, 0.5) is 11.4 Å². The number of pyridine rings is 1. The maximum absolute atomic E-state index is 13.1. The van der Waals surface area contributed by atoms with Crippen molar-refractivity contribution >= 4 is 29.1 Å². The normalized spacial score (nSPS) is 22.2. The quantitative estimate of drug-likeness (QED) is 0.540. The van der Waals surface area contributed by atoms with Crippen LogP contribution in [0, 0.1) is 5.92 Å². The van der Waals surface area contributed by atoms with Gasteiger partial charge >= 0.3 is 0 Å². The lowest BCUT2D eigenvalue weighted by Gasteiger charge is -2.38. The largest absolute Gasteiger partial charge is 0.366 e. The van der Waals surface area contributed by atoms with Crippen LogP contribution in [0.3, 0.4) is 0 Å². The third-order valence-corrected chi connectivity index (χ3v) is 8.17. The van der Waals surface area contributed by atoms with Crippen LogP contribution in [0.1, 0.15) is 72.1 Å². The van der Waals surface area contributed by atoms with Crippen LogP contribution < -0.4 is 21.3 Å². The monoisotopic (exact) mass is 518 g/mol. The van der Waals surface area contributed by atoms with Crippen LogP contribution in [-0.4, -0.2) is 65.9 Å². The summed E-state index contributed by atoms with van der Waals surface area (Å²) in [5, 5.41) is 6.15. The summed E-state index contributed by atoms with van der Waals surface area (Å²) < 4.78 is 0. The number of amides is 3. The molecule has 202 valence electrons. The van der Waals surface area contributed by atoms with E-state index in [1.807, 2.05) is 17.0 Å². The highest BCUT2D eigenvalue weighted by atomic mass is 16.2. The molecule has 1 aliphatic heterocycles. The van der Waals surface area contributed by atoms with Crippen molar-refractivity contribution in [2.24, 2.45) is 11.7 Å². The van der Waals surface area contributed by atoms with Crippen molar-refractivity contribution in [1.29, 1.82) is 0 Å². The molecule has 5 rings (SSSR count). The molecule has 0 unspecified atom stereocenters. The van der Waals surface area contributed by atoms with Crippen LogP contribution in [0.2, 0.25) is 0 Å². The molecule has 1 aromatic heterocycles. The van der Waals surface area contributed by atoms with Crippen LogP contribution in [-0.2, 0) is 4.79 Å². The second kappa shape index (κ2) is 11.9. The summed E-state index contributed by atoms with van der Waals surface area (Å²) in [5.41, 5.74) is 8.38. The van der Waals surface area contributed by atoms with Gasteiger partial charge in [0.15, 0.2) is 0 Å². The first-order chi connectivity index (χ1) is 18.5. The second-order valence-corrected chi connectivity index (χ2v) is 10.8. The third-order valence-electron chi connectivity index (χ3n) is 8.17. The topological polar surface area (TPSA) is 121 Å². The van der Waals surface area contributed by atoms with E-state index in [0.717, 1.165) is 57.1 Å². The lowest BCUT2D eigenvalue weighted by atomic mass is 9.91. The zero-order valence-electron chi connectivity index (χ0n) is 21.9. The molecule has 2 aliphatic carbocycles. The smallest absolute Gasteiger partial charge is 0.257 e. The van der Waals surface area contributed by atoms with Gasteiger partial charge in [-0.25, -0.2) is 0 Å². The molecule has 0 atom stereocenters. The van der Waals surface area contributed by atoms with Gasteiger partial charge in [0, 0.05) is 62.1 Å². The van der Waals surface area contributed by atoms with Gasteiger partial charge in [-0.05, 0) is 68.9 Å². The highest BCUT2D eigenvalue weighted by Gasteiger charge is 2.30. The van der Waals surface area contributed by atoms with Crippen molar-refractivity contribution < 1.29 is 14.4 Å². The summed E-state index contributed by atoms with van der Waals surface area (Å²) in [6, 6.07) is 9.22. The minimum Gasteiger partial charge on any atom is -0.366 e. The average molecular weight is 519 g/mol. The number of hydrogen-bond acceptors (Lipinski definition) is 6. The molecule has 0 bridgehead atoms. The molecule has 2 heterocycles. The number of hydrogen-bond donors (Lipinski definition) is 3. The number of nitrogens with one attached hydrogen (secondary N) is 2. The lowest BCUT2D eigenvalue weighted by Crippen LogP contribution is -2.50. The van der Waals surface area contributed by atoms with Crippen LogP contribution in [0.5, 0.6) is 0 Å². The predicted molar refractivity (Wildman–Crippen MR) is 147 cm³/mol. The Morgan fingerprint density at radius 3 is 2.29 bits per heavy atom. The van der Waals surface area contributed by atoms with Crippen LogP contribution >= 0.6 is 0 Å². The molecule has 9 heteroatoms. The van der Waals surface area contributed by atoms with Gasteiger partial charge in [0.25, 0.3) is 11.8 Å². The Balaban J connectivity index is 1.32. The van der Waals surface area contributed by atoms with Crippen LogP contribution in [0.15, 0.2) is 42.7 Å². The molecule has 0 radical (unpaired) electrons. The van der Waals surface area contributed by atoms with Gasteiger partial charge in [-0.15, -0.1) is 0 Å². The summed E-state index contributed by atoms with van der Waals surface area (Å²) in [5.74, 6) is 0.0191. The molecule has 3 amide bonds. The van der Waals surface area contributed by atoms with Crippen molar-refractivity contribution in [3.8, 4) is 0 Å². The lowest BCUT2D eigenvalue weighted by molar-refractivity contribution is -0.135. The Labute approximate surface area is 224 Å². The number of nitrogens with two attached hydrogens (primary N) is 1. The highest BCUT2D eigenvalue weighted by Crippen LogP contribution is 2.31. The number of nitrogens with zero attached hydrogens (tertiary/aromatic N) is 3. The van der Waals surface area contributed by atoms with Crippen molar-refractivity contribution in [2.45, 2.75) is 63.5 Å². The zero-order valence-corrected chi connectivity index (χ0v) is 21.9. The molecular formula is C29H38N6O3. The molecule has 9 nitrogen and oxygen atoms in total. The van der Waals surface area contributed by atoms with Gasteiger partial charge in [-0.1, -0.05) is 12.8 Å². The molecule has 0 spiro atoms. The number of anilines is 2. The predicted octanol–water partition coefficient (Wildman–Crippen LogP) is 3.17. The van der Waals surface area contributed by atoms with E-state index in [9.17, 15) is 14.4 Å². The molecule has 1 aromatic carbocycles. The van der Waals surface area contributed by atoms with Gasteiger partial charge < -0.3 is 26.2 Å². The fraction of sp³-hybridized carbons (Fsp3) is 0.517. The summed E-state index contributed by atoms with van der Waals surface area (Å²) >= 11 is 0. The first kappa shape index (κ1) is 26.2. The van der Waals surface area contributed by atoms with Gasteiger partial charge in [-0.3, -0.25) is 19.4 Å². The Morgan fingerprint density at radius 2 is 1.61 bits per heavy atom. The Morgan fingerprint density at radius 1 is 0.868 bits per heavy atom. The maximum atomic E-state index is 13.1. The molecule has 3 aliphatic rings. The van der Waals surface area contributed by atoms with E-state index in [2.05, 4.69) is 20.5 Å². The Kier molecular flexibility index (Phi) is 8.22. The van der Waals surface area contributed by atoms with Crippen LogP contribution in [0.25, 0.3) is 0 Å². The summed E-state index contributed by atoms with van der Waals surface area (Å²) in [6.07, 6.45) is 11.0. The Bertz CT molecular complexity index is 1130.